The van der Waals surface area contributed by atoms with Gasteiger partial charge in [-0.2, -0.15) is 0 Å². The van der Waals surface area contributed by atoms with Crippen LogP contribution in [0.5, 0.6) is 0 Å². The van der Waals surface area contributed by atoms with Gasteiger partial charge in [0, 0.05) is 19.4 Å². The van der Waals surface area contributed by atoms with E-state index < -0.39 is 26.5 Å². The van der Waals surface area contributed by atoms with Crippen LogP contribution in [0.25, 0.3) is 0 Å². The number of phosphoric ester groups is 1. The Morgan fingerprint density at radius 1 is 0.721 bits per heavy atom. The third-order valence-corrected chi connectivity index (χ3v) is 8.28. The summed E-state index contributed by atoms with van der Waals surface area (Å²) < 4.78 is 32.4. The summed E-state index contributed by atoms with van der Waals surface area (Å²) >= 11 is 0. The molecule has 0 spiro atoms. The molecule has 0 heterocycles. The molecule has 0 saturated heterocycles. The van der Waals surface area contributed by atoms with Crippen molar-refractivity contribution in [3.05, 3.63) is 12.7 Å². The lowest BCUT2D eigenvalue weighted by Gasteiger charge is -2.19. The molecule has 0 fully saturated rings. The van der Waals surface area contributed by atoms with Crippen LogP contribution in [0.2, 0.25) is 0 Å². The zero-order chi connectivity index (χ0) is 31.9. The summed E-state index contributed by atoms with van der Waals surface area (Å²) in [4.78, 5) is 34.4. The van der Waals surface area contributed by atoms with Crippen molar-refractivity contribution in [2.45, 2.75) is 161 Å². The van der Waals surface area contributed by atoms with Crippen molar-refractivity contribution in [2.75, 3.05) is 26.4 Å². The molecular weight excluding hydrogens is 569 g/mol. The van der Waals surface area contributed by atoms with Gasteiger partial charge in [-0.25, -0.2) is 4.57 Å². The highest BCUT2D eigenvalue weighted by atomic mass is 31.2. The predicted molar refractivity (Wildman–Crippen MR) is 174 cm³/mol. The number of carbonyl (C=O) groups excluding carboxylic acids is 2. The molecule has 10 heteroatoms. The first-order valence-corrected chi connectivity index (χ1v) is 18.6. The van der Waals surface area contributed by atoms with Gasteiger partial charge in [0.15, 0.2) is 6.10 Å². The Bertz CT molecular complexity index is 721. The summed E-state index contributed by atoms with van der Waals surface area (Å²) in [7, 11) is -4.35. The van der Waals surface area contributed by atoms with Gasteiger partial charge in [-0.3, -0.25) is 18.6 Å². The number of carbonyl (C=O) groups is 2. The van der Waals surface area contributed by atoms with Crippen LogP contribution in [-0.4, -0.2) is 49.3 Å². The minimum atomic E-state index is -4.35. The van der Waals surface area contributed by atoms with Crippen molar-refractivity contribution in [1.82, 2.24) is 0 Å². The fourth-order valence-corrected chi connectivity index (χ4v) is 5.50. The Labute approximate surface area is 262 Å². The molecule has 1 unspecified atom stereocenters. The first kappa shape index (κ1) is 41.8. The maximum Gasteiger partial charge on any atom is 0.472 e. The van der Waals surface area contributed by atoms with E-state index in [9.17, 15) is 19.0 Å². The maximum atomic E-state index is 12.4. The lowest BCUT2D eigenvalue weighted by molar-refractivity contribution is -0.161. The molecule has 0 amide bonds. The first-order chi connectivity index (χ1) is 20.8. The summed E-state index contributed by atoms with van der Waals surface area (Å²) in [5.74, 6) is -0.836. The molecule has 254 valence electrons. The molecule has 9 nitrogen and oxygen atoms in total. The SMILES string of the molecule is C=CCCCCCCCCCCCCCCCC(=O)OC[C@@H](COP(=O)(O)OCCN)OC(=O)CCCCCCCCC. The van der Waals surface area contributed by atoms with Crippen molar-refractivity contribution >= 4 is 19.8 Å². The van der Waals surface area contributed by atoms with Crippen LogP contribution in [0, 0.1) is 0 Å². The molecule has 0 aliphatic rings. The van der Waals surface area contributed by atoms with Crippen LogP contribution in [0.1, 0.15) is 155 Å². The highest BCUT2D eigenvalue weighted by Crippen LogP contribution is 2.43. The third-order valence-electron chi connectivity index (χ3n) is 7.30. The molecule has 0 radical (unpaired) electrons. The number of ether oxygens (including phenoxy) is 2. The van der Waals surface area contributed by atoms with Crippen LogP contribution in [-0.2, 0) is 32.7 Å². The molecule has 0 bridgehead atoms. The average Bonchev–Trinajstić information content (AvgIpc) is 2.99. The molecule has 0 aliphatic heterocycles. The van der Waals surface area contributed by atoms with Crippen LogP contribution in [0.3, 0.4) is 0 Å². The van der Waals surface area contributed by atoms with E-state index in [1.165, 1.54) is 83.5 Å². The van der Waals surface area contributed by atoms with Gasteiger partial charge in [-0.05, 0) is 25.7 Å². The molecule has 0 aromatic rings. The summed E-state index contributed by atoms with van der Waals surface area (Å²) in [6, 6.07) is 0. The van der Waals surface area contributed by atoms with Crippen molar-refractivity contribution in [3.8, 4) is 0 Å². The zero-order valence-electron chi connectivity index (χ0n) is 27.3. The van der Waals surface area contributed by atoms with E-state index in [1.54, 1.807) is 0 Å². The number of unbranched alkanes of at least 4 members (excludes halogenated alkanes) is 19. The summed E-state index contributed by atoms with van der Waals surface area (Å²) in [6.07, 6.45) is 25.9. The molecule has 0 rings (SSSR count). The fraction of sp³-hybridized carbons (Fsp3) is 0.879. The second-order valence-electron chi connectivity index (χ2n) is 11.5. The minimum absolute atomic E-state index is 0.0551. The molecule has 3 N–H and O–H groups in total. The highest BCUT2D eigenvalue weighted by Gasteiger charge is 2.25. The van der Waals surface area contributed by atoms with E-state index in [2.05, 4.69) is 13.5 Å². The Morgan fingerprint density at radius 2 is 1.19 bits per heavy atom. The Morgan fingerprint density at radius 3 is 1.67 bits per heavy atom. The summed E-state index contributed by atoms with van der Waals surface area (Å²) in [5, 5.41) is 0. The lowest BCUT2D eigenvalue weighted by atomic mass is 10.0. The largest absolute Gasteiger partial charge is 0.472 e. The maximum absolute atomic E-state index is 12.4. The smallest absolute Gasteiger partial charge is 0.462 e. The van der Waals surface area contributed by atoms with Crippen molar-refractivity contribution in [2.24, 2.45) is 5.73 Å². The van der Waals surface area contributed by atoms with E-state index in [0.717, 1.165) is 44.9 Å². The van der Waals surface area contributed by atoms with Gasteiger partial charge in [0.25, 0.3) is 0 Å². The summed E-state index contributed by atoms with van der Waals surface area (Å²) in [5.41, 5.74) is 5.30. The van der Waals surface area contributed by atoms with Gasteiger partial charge in [-0.15, -0.1) is 6.58 Å². The second-order valence-corrected chi connectivity index (χ2v) is 12.9. The van der Waals surface area contributed by atoms with E-state index >= 15 is 0 Å². The third kappa shape index (κ3) is 30.6. The number of rotatable bonds is 33. The van der Waals surface area contributed by atoms with Gasteiger partial charge in [-0.1, -0.05) is 122 Å². The first-order valence-electron chi connectivity index (χ1n) is 17.1. The average molecular weight is 634 g/mol. The minimum Gasteiger partial charge on any atom is -0.462 e. The van der Waals surface area contributed by atoms with Crippen LogP contribution < -0.4 is 5.73 Å². The topological polar surface area (TPSA) is 134 Å². The Kier molecular flexibility index (Phi) is 29.9. The predicted octanol–water partition coefficient (Wildman–Crippen LogP) is 8.71. The van der Waals surface area contributed by atoms with E-state index in [0.29, 0.717) is 6.42 Å². The molecule has 0 aromatic heterocycles. The number of esters is 2. The van der Waals surface area contributed by atoms with Crippen LogP contribution in [0.15, 0.2) is 12.7 Å². The van der Waals surface area contributed by atoms with Crippen molar-refractivity contribution in [3.63, 3.8) is 0 Å². The van der Waals surface area contributed by atoms with Gasteiger partial charge < -0.3 is 20.1 Å². The van der Waals surface area contributed by atoms with Crippen molar-refractivity contribution < 1.29 is 37.6 Å². The monoisotopic (exact) mass is 633 g/mol. The Balaban J connectivity index is 4.14. The quantitative estimate of drug-likeness (QED) is 0.0315. The summed E-state index contributed by atoms with van der Waals surface area (Å²) in [6.45, 7) is 5.17. The van der Waals surface area contributed by atoms with Gasteiger partial charge >= 0.3 is 19.8 Å². The number of allylic oxidation sites excluding steroid dienone is 1. The molecular formula is C33H64NO8P. The zero-order valence-corrected chi connectivity index (χ0v) is 28.2. The Hall–Kier alpha value is -1.25. The second kappa shape index (κ2) is 30.8. The molecule has 2 atom stereocenters. The molecule has 43 heavy (non-hydrogen) atoms. The lowest BCUT2D eigenvalue weighted by Crippen LogP contribution is -2.29. The number of hydrogen-bond donors (Lipinski definition) is 2. The fourth-order valence-electron chi connectivity index (χ4n) is 4.73. The molecule has 0 saturated carbocycles. The van der Waals surface area contributed by atoms with Crippen LogP contribution in [0.4, 0.5) is 0 Å². The van der Waals surface area contributed by atoms with Gasteiger partial charge in [0.2, 0.25) is 0 Å². The van der Waals surface area contributed by atoms with Crippen molar-refractivity contribution in [1.29, 1.82) is 0 Å². The van der Waals surface area contributed by atoms with E-state index in [4.69, 9.17) is 24.3 Å². The molecule has 0 aliphatic carbocycles. The number of nitrogens with two attached hydrogens (primary N) is 1. The van der Waals surface area contributed by atoms with Gasteiger partial charge in [0.1, 0.15) is 6.61 Å². The van der Waals surface area contributed by atoms with Gasteiger partial charge in [0.05, 0.1) is 13.2 Å². The number of hydrogen-bond acceptors (Lipinski definition) is 8. The molecule has 0 aromatic carbocycles. The van der Waals surface area contributed by atoms with E-state index in [-0.39, 0.29) is 38.6 Å². The number of phosphoric acid groups is 1. The highest BCUT2D eigenvalue weighted by molar-refractivity contribution is 7.47. The normalized spacial score (nSPS) is 13.4. The standard InChI is InChI=1S/C33H64NO8P/c1-3-5-7-9-11-12-13-14-15-16-17-18-20-21-23-25-32(35)39-29-31(30-41-43(37,38)40-28-27-34)42-33(36)26-24-22-19-10-8-6-4-2/h3,31H,1,4-30,34H2,2H3,(H,37,38)/t31-/m0/s1. The van der Waals surface area contributed by atoms with E-state index in [1.807, 2.05) is 6.08 Å². The van der Waals surface area contributed by atoms with Crippen LogP contribution >= 0.6 is 7.82 Å².